The van der Waals surface area contributed by atoms with Crippen LogP contribution in [0.25, 0.3) is 11.0 Å². The van der Waals surface area contributed by atoms with Crippen LogP contribution in [0.3, 0.4) is 0 Å². The van der Waals surface area contributed by atoms with E-state index in [0.717, 1.165) is 30.2 Å². The molecule has 0 saturated carbocycles. The van der Waals surface area contributed by atoms with Gasteiger partial charge in [-0.2, -0.15) is 0 Å². The quantitative estimate of drug-likeness (QED) is 0.759. The summed E-state index contributed by atoms with van der Waals surface area (Å²) in [6.45, 7) is 1.90. The van der Waals surface area contributed by atoms with Crippen LogP contribution in [-0.2, 0) is 6.54 Å². The Kier molecular flexibility index (Phi) is 2.21. The normalized spacial score (nSPS) is 13.8. The van der Waals surface area contributed by atoms with Crippen molar-refractivity contribution in [1.29, 1.82) is 0 Å². The Morgan fingerprint density at radius 2 is 1.68 bits per heavy atom. The van der Waals surface area contributed by atoms with Crippen molar-refractivity contribution < 1.29 is 0 Å². The Hall–Kier alpha value is -2.49. The Labute approximate surface area is 111 Å². The highest BCUT2D eigenvalue weighted by Gasteiger charge is 2.23. The number of hydrazine groups is 1. The molecule has 1 aromatic heterocycles. The summed E-state index contributed by atoms with van der Waals surface area (Å²) in [5, 5.41) is 2.11. The average molecular weight is 250 g/mol. The summed E-state index contributed by atoms with van der Waals surface area (Å²) in [5.41, 5.74) is 6.75. The Bertz CT molecular complexity index is 717. The molecule has 0 bridgehead atoms. The van der Waals surface area contributed by atoms with Crippen molar-refractivity contribution in [3.8, 4) is 0 Å². The number of para-hydroxylation sites is 3. The number of aromatic nitrogens is 2. The number of rotatable bonds is 2. The Balaban J connectivity index is 1.72. The van der Waals surface area contributed by atoms with Gasteiger partial charge in [0.15, 0.2) is 0 Å². The lowest BCUT2D eigenvalue weighted by atomic mass is 10.3. The van der Waals surface area contributed by atoms with Crippen LogP contribution in [-0.4, -0.2) is 16.1 Å². The van der Waals surface area contributed by atoms with Gasteiger partial charge >= 0.3 is 0 Å². The van der Waals surface area contributed by atoms with Crippen LogP contribution < -0.4 is 10.4 Å². The zero-order valence-corrected chi connectivity index (χ0v) is 10.5. The molecular weight excluding hydrogens is 236 g/mol. The molecule has 0 spiro atoms. The summed E-state index contributed by atoms with van der Waals surface area (Å²) in [6.07, 6.45) is 0. The lowest BCUT2D eigenvalue weighted by Gasteiger charge is -2.18. The second-order valence-corrected chi connectivity index (χ2v) is 4.68. The highest BCUT2D eigenvalue weighted by atomic mass is 15.6. The van der Waals surface area contributed by atoms with E-state index >= 15 is 0 Å². The number of hydrogen-bond donors (Lipinski definition) is 1. The van der Waals surface area contributed by atoms with E-state index in [9.17, 15) is 0 Å². The maximum absolute atomic E-state index is 4.70. The monoisotopic (exact) mass is 250 g/mol. The molecule has 0 amide bonds. The highest BCUT2D eigenvalue weighted by Crippen LogP contribution is 2.27. The SMILES string of the molecule is c1ccc(NN2CCn3c2nc2ccccc23)cc1. The van der Waals surface area contributed by atoms with E-state index in [1.54, 1.807) is 0 Å². The van der Waals surface area contributed by atoms with E-state index in [-0.39, 0.29) is 0 Å². The predicted molar refractivity (Wildman–Crippen MR) is 77.1 cm³/mol. The molecule has 94 valence electrons. The molecule has 0 radical (unpaired) electrons. The van der Waals surface area contributed by atoms with Crippen molar-refractivity contribution in [3.05, 3.63) is 54.6 Å². The number of nitrogens with zero attached hydrogens (tertiary/aromatic N) is 3. The second kappa shape index (κ2) is 4.02. The van der Waals surface area contributed by atoms with Crippen LogP contribution in [0.5, 0.6) is 0 Å². The van der Waals surface area contributed by atoms with Gasteiger partial charge in [0.2, 0.25) is 5.95 Å². The fourth-order valence-electron chi connectivity index (χ4n) is 2.56. The summed E-state index contributed by atoms with van der Waals surface area (Å²) in [7, 11) is 0. The summed E-state index contributed by atoms with van der Waals surface area (Å²) in [4.78, 5) is 4.70. The van der Waals surface area contributed by atoms with Crippen LogP contribution in [0.2, 0.25) is 0 Å². The van der Waals surface area contributed by atoms with Gasteiger partial charge < -0.3 is 4.57 Å². The number of nitrogens with one attached hydrogen (secondary N) is 1. The third kappa shape index (κ3) is 1.64. The lowest BCUT2D eigenvalue weighted by Crippen LogP contribution is -2.27. The molecule has 1 aliphatic rings. The topological polar surface area (TPSA) is 33.1 Å². The van der Waals surface area contributed by atoms with Gasteiger partial charge in [0, 0.05) is 6.54 Å². The highest BCUT2D eigenvalue weighted by molar-refractivity contribution is 5.79. The molecule has 0 aliphatic carbocycles. The van der Waals surface area contributed by atoms with Crippen molar-refractivity contribution in [1.82, 2.24) is 9.55 Å². The fraction of sp³-hybridized carbons (Fsp3) is 0.133. The van der Waals surface area contributed by atoms with E-state index in [0.29, 0.717) is 0 Å². The van der Waals surface area contributed by atoms with E-state index in [1.807, 2.05) is 24.3 Å². The third-order valence-electron chi connectivity index (χ3n) is 3.46. The van der Waals surface area contributed by atoms with Gasteiger partial charge in [-0.3, -0.25) is 10.4 Å². The Morgan fingerprint density at radius 1 is 0.895 bits per heavy atom. The zero-order chi connectivity index (χ0) is 12.7. The molecule has 0 fully saturated rings. The van der Waals surface area contributed by atoms with Gasteiger partial charge in [-0.25, -0.2) is 4.98 Å². The molecule has 0 unspecified atom stereocenters. The minimum absolute atomic E-state index is 0.933. The van der Waals surface area contributed by atoms with E-state index in [1.165, 1.54) is 5.52 Å². The molecule has 0 saturated heterocycles. The number of benzene rings is 2. The minimum atomic E-state index is 0.933. The molecule has 1 N–H and O–H groups in total. The number of anilines is 2. The van der Waals surface area contributed by atoms with Gasteiger partial charge in [-0.1, -0.05) is 30.3 Å². The smallest absolute Gasteiger partial charge is 0.225 e. The first-order chi connectivity index (χ1) is 9.42. The third-order valence-corrected chi connectivity index (χ3v) is 3.46. The first kappa shape index (κ1) is 10.4. The van der Waals surface area contributed by atoms with Crippen LogP contribution in [0, 0.1) is 0 Å². The molecule has 2 aromatic carbocycles. The maximum atomic E-state index is 4.70. The standard InChI is InChI=1S/C15H14N4/c1-2-6-12(7-3-1)17-19-11-10-18-14-9-5-4-8-13(14)16-15(18)19/h1-9,17H,10-11H2. The van der Waals surface area contributed by atoms with Crippen molar-refractivity contribution in [3.63, 3.8) is 0 Å². The number of fused-ring (bicyclic) bond motifs is 3. The van der Waals surface area contributed by atoms with Crippen molar-refractivity contribution in [2.24, 2.45) is 0 Å². The predicted octanol–water partition coefficient (Wildman–Crippen LogP) is 2.88. The van der Waals surface area contributed by atoms with Gasteiger partial charge in [-0.15, -0.1) is 0 Å². The van der Waals surface area contributed by atoms with Gasteiger partial charge in [0.25, 0.3) is 0 Å². The Morgan fingerprint density at radius 3 is 2.58 bits per heavy atom. The van der Waals surface area contributed by atoms with E-state index < -0.39 is 0 Å². The molecule has 4 nitrogen and oxygen atoms in total. The van der Waals surface area contributed by atoms with Crippen molar-refractivity contribution in [2.75, 3.05) is 17.0 Å². The minimum Gasteiger partial charge on any atom is -0.307 e. The van der Waals surface area contributed by atoms with Crippen LogP contribution in [0.15, 0.2) is 54.6 Å². The van der Waals surface area contributed by atoms with Gasteiger partial charge in [-0.05, 0) is 24.3 Å². The van der Waals surface area contributed by atoms with E-state index in [2.05, 4.69) is 45.3 Å². The summed E-state index contributed by atoms with van der Waals surface area (Å²) in [5.74, 6) is 0.991. The van der Waals surface area contributed by atoms with Crippen LogP contribution in [0.1, 0.15) is 0 Å². The van der Waals surface area contributed by atoms with E-state index in [4.69, 9.17) is 4.98 Å². The van der Waals surface area contributed by atoms with Gasteiger partial charge in [0.05, 0.1) is 23.3 Å². The number of hydrogen-bond acceptors (Lipinski definition) is 3. The second-order valence-electron chi connectivity index (χ2n) is 4.68. The first-order valence-corrected chi connectivity index (χ1v) is 6.46. The molecular formula is C15H14N4. The largest absolute Gasteiger partial charge is 0.307 e. The maximum Gasteiger partial charge on any atom is 0.225 e. The molecule has 4 heteroatoms. The fourth-order valence-corrected chi connectivity index (χ4v) is 2.56. The summed E-state index contributed by atoms with van der Waals surface area (Å²) in [6, 6.07) is 18.5. The molecule has 19 heavy (non-hydrogen) atoms. The molecule has 1 aliphatic heterocycles. The lowest BCUT2D eigenvalue weighted by molar-refractivity contribution is 0.816. The van der Waals surface area contributed by atoms with Crippen molar-refractivity contribution in [2.45, 2.75) is 6.54 Å². The van der Waals surface area contributed by atoms with Gasteiger partial charge in [0.1, 0.15) is 0 Å². The first-order valence-electron chi connectivity index (χ1n) is 6.46. The average Bonchev–Trinajstić information content (AvgIpc) is 3.00. The molecule has 4 rings (SSSR count). The summed E-state index contributed by atoms with van der Waals surface area (Å²) < 4.78 is 2.26. The molecule has 0 atom stereocenters. The number of imidazole rings is 1. The molecule has 2 heterocycles. The van der Waals surface area contributed by atoms with Crippen molar-refractivity contribution >= 4 is 22.7 Å². The summed E-state index contributed by atoms with van der Waals surface area (Å²) >= 11 is 0. The van der Waals surface area contributed by atoms with Crippen LogP contribution >= 0.6 is 0 Å². The van der Waals surface area contributed by atoms with Crippen LogP contribution in [0.4, 0.5) is 11.6 Å². The molecule has 3 aromatic rings. The zero-order valence-electron chi connectivity index (χ0n) is 10.5.